The van der Waals surface area contributed by atoms with Gasteiger partial charge < -0.3 is 16.0 Å². The zero-order valence-corrected chi connectivity index (χ0v) is 26.4. The lowest BCUT2D eigenvalue weighted by Crippen LogP contribution is -2.30. The predicted molar refractivity (Wildman–Crippen MR) is 183 cm³/mol. The van der Waals surface area contributed by atoms with Crippen LogP contribution in [-0.4, -0.2) is 17.7 Å². The first-order chi connectivity index (χ1) is 22.3. The molecule has 10 heteroatoms. The van der Waals surface area contributed by atoms with Gasteiger partial charge in [0, 0.05) is 37.4 Å². The van der Waals surface area contributed by atoms with Gasteiger partial charge in [-0.1, -0.05) is 77.8 Å². The molecule has 3 N–H and O–H groups in total. The van der Waals surface area contributed by atoms with Crippen molar-refractivity contribution in [2.45, 2.75) is 10.1 Å². The van der Waals surface area contributed by atoms with E-state index < -0.39 is 22.9 Å². The first-order valence-electron chi connectivity index (χ1n) is 14.0. The molecule has 0 aromatic heterocycles. The Morgan fingerprint density at radius 2 is 1.24 bits per heavy atom. The molecule has 0 radical (unpaired) electrons. The van der Waals surface area contributed by atoms with E-state index in [1.54, 1.807) is 72.8 Å². The van der Waals surface area contributed by atoms with E-state index >= 15 is 0 Å². The third-order valence-electron chi connectivity index (χ3n) is 6.64. The largest absolute Gasteiger partial charge is 0.325 e. The maximum atomic E-state index is 13.5. The fourth-order valence-electron chi connectivity index (χ4n) is 4.33. The normalized spacial score (nSPS) is 11.8. The van der Waals surface area contributed by atoms with E-state index in [2.05, 4.69) is 16.0 Å². The fourth-order valence-corrected chi connectivity index (χ4v) is 5.86. The van der Waals surface area contributed by atoms with Gasteiger partial charge in [-0.25, -0.2) is 4.39 Å². The molecule has 0 bridgehead atoms. The summed E-state index contributed by atoms with van der Waals surface area (Å²) < 4.78 is 13.4. The minimum absolute atomic E-state index is 0.0658. The lowest BCUT2D eigenvalue weighted by Gasteiger charge is -2.17. The summed E-state index contributed by atoms with van der Waals surface area (Å²) in [5.41, 5.74) is 2.39. The molecule has 0 heterocycles. The van der Waals surface area contributed by atoms with Crippen molar-refractivity contribution in [2.24, 2.45) is 0 Å². The standard InChI is InChI=1S/C36H26Cl2FN3O3S/c37-30-12-7-13-31(38)29(30)22-32(42-34(43)24-10-5-2-6-11-24)35(44)40-27-18-20-28(21-19-27)46-33(23-8-3-1-4-9-23)36(45)41-26-16-14-25(39)15-17-26/h1-22,33H,(H,40,44)(H,41,45)(H,42,43)/b32-22-. The van der Waals surface area contributed by atoms with Crippen LogP contribution in [0.2, 0.25) is 10.0 Å². The number of halogens is 3. The Kier molecular flexibility index (Phi) is 10.9. The fraction of sp³-hybridized carbons (Fsp3) is 0.0278. The molecule has 1 unspecified atom stereocenters. The molecular formula is C36H26Cl2FN3O3S. The smallest absolute Gasteiger partial charge is 0.272 e. The van der Waals surface area contributed by atoms with Crippen LogP contribution in [0.25, 0.3) is 6.08 Å². The predicted octanol–water partition coefficient (Wildman–Crippen LogP) is 9.01. The van der Waals surface area contributed by atoms with Gasteiger partial charge in [0.15, 0.2) is 0 Å². The van der Waals surface area contributed by atoms with Gasteiger partial charge in [-0.05, 0) is 84.4 Å². The number of anilines is 2. The minimum Gasteiger partial charge on any atom is -0.325 e. The van der Waals surface area contributed by atoms with Crippen LogP contribution in [0.4, 0.5) is 15.8 Å². The van der Waals surface area contributed by atoms with E-state index in [0.29, 0.717) is 32.5 Å². The number of carbonyl (C=O) groups is 3. The first-order valence-corrected chi connectivity index (χ1v) is 15.6. The maximum absolute atomic E-state index is 13.5. The highest BCUT2D eigenvalue weighted by Gasteiger charge is 2.23. The molecule has 46 heavy (non-hydrogen) atoms. The van der Waals surface area contributed by atoms with Gasteiger partial charge in [-0.2, -0.15) is 0 Å². The second-order valence-electron chi connectivity index (χ2n) is 9.90. The lowest BCUT2D eigenvalue weighted by molar-refractivity contribution is -0.116. The molecule has 230 valence electrons. The Morgan fingerprint density at radius 1 is 0.674 bits per heavy atom. The number of nitrogens with one attached hydrogen (secondary N) is 3. The summed E-state index contributed by atoms with van der Waals surface area (Å²) in [5, 5.41) is 8.33. The van der Waals surface area contributed by atoms with Gasteiger partial charge in [-0.15, -0.1) is 11.8 Å². The average molecular weight is 671 g/mol. The summed E-state index contributed by atoms with van der Waals surface area (Å²) >= 11 is 14.0. The zero-order valence-electron chi connectivity index (χ0n) is 24.0. The van der Waals surface area contributed by atoms with E-state index in [-0.39, 0.29) is 11.6 Å². The second kappa shape index (κ2) is 15.4. The third-order valence-corrected chi connectivity index (χ3v) is 8.56. The maximum Gasteiger partial charge on any atom is 0.272 e. The van der Waals surface area contributed by atoms with Gasteiger partial charge in [0.25, 0.3) is 11.8 Å². The summed E-state index contributed by atoms with van der Waals surface area (Å²) in [4.78, 5) is 40.5. The molecule has 5 rings (SSSR count). The monoisotopic (exact) mass is 669 g/mol. The van der Waals surface area contributed by atoms with Crippen LogP contribution in [0.1, 0.15) is 26.7 Å². The molecule has 0 aliphatic heterocycles. The molecular weight excluding hydrogens is 644 g/mol. The SMILES string of the molecule is O=C(Nc1ccc(SC(C(=O)Nc2ccc(F)cc2)c2ccccc2)cc1)/C(=C/c1c(Cl)cccc1Cl)NC(=O)c1ccccc1. The molecule has 1 atom stereocenters. The van der Waals surface area contributed by atoms with Crippen molar-refractivity contribution in [1.29, 1.82) is 0 Å². The lowest BCUT2D eigenvalue weighted by atomic mass is 10.1. The van der Waals surface area contributed by atoms with Crippen molar-refractivity contribution < 1.29 is 18.8 Å². The van der Waals surface area contributed by atoms with E-state index in [0.717, 1.165) is 10.5 Å². The van der Waals surface area contributed by atoms with Crippen molar-refractivity contribution in [3.63, 3.8) is 0 Å². The van der Waals surface area contributed by atoms with Gasteiger partial charge in [0.1, 0.15) is 16.8 Å². The van der Waals surface area contributed by atoms with Gasteiger partial charge in [0.2, 0.25) is 5.91 Å². The summed E-state index contributed by atoms with van der Waals surface area (Å²) in [7, 11) is 0. The second-order valence-corrected chi connectivity index (χ2v) is 11.9. The van der Waals surface area contributed by atoms with Crippen LogP contribution in [-0.2, 0) is 9.59 Å². The quantitative estimate of drug-likeness (QED) is 0.102. The number of hydrogen-bond acceptors (Lipinski definition) is 4. The van der Waals surface area contributed by atoms with E-state index in [4.69, 9.17) is 23.2 Å². The Bertz CT molecular complexity index is 1850. The highest BCUT2D eigenvalue weighted by molar-refractivity contribution is 8.00. The molecule has 6 nitrogen and oxygen atoms in total. The van der Waals surface area contributed by atoms with Crippen molar-refractivity contribution >= 4 is 70.1 Å². The summed E-state index contributed by atoms with van der Waals surface area (Å²) in [6.07, 6.45) is 1.43. The van der Waals surface area contributed by atoms with Gasteiger partial charge in [-0.3, -0.25) is 14.4 Å². The van der Waals surface area contributed by atoms with Crippen LogP contribution in [0.5, 0.6) is 0 Å². The summed E-state index contributed by atoms with van der Waals surface area (Å²) in [6, 6.07) is 35.2. The Hall–Kier alpha value is -4.89. The molecule has 0 aliphatic rings. The number of hydrogen-bond donors (Lipinski definition) is 3. The molecule has 0 fully saturated rings. The van der Waals surface area contributed by atoms with Crippen LogP contribution < -0.4 is 16.0 Å². The number of rotatable bonds is 10. The van der Waals surface area contributed by atoms with E-state index in [1.165, 1.54) is 42.1 Å². The third kappa shape index (κ3) is 8.63. The minimum atomic E-state index is -0.616. The summed E-state index contributed by atoms with van der Waals surface area (Å²) in [5.74, 6) is -1.75. The molecule has 3 amide bonds. The van der Waals surface area contributed by atoms with Crippen molar-refractivity contribution in [1.82, 2.24) is 5.32 Å². The van der Waals surface area contributed by atoms with E-state index in [9.17, 15) is 18.8 Å². The van der Waals surface area contributed by atoms with Crippen LogP contribution in [0.15, 0.2) is 138 Å². The van der Waals surface area contributed by atoms with Crippen molar-refractivity contribution in [3.05, 3.63) is 166 Å². The Balaban J connectivity index is 1.34. The molecule has 5 aromatic carbocycles. The molecule has 0 saturated heterocycles. The number of carbonyl (C=O) groups excluding carboxylic acids is 3. The molecule has 0 saturated carbocycles. The Morgan fingerprint density at radius 3 is 1.87 bits per heavy atom. The molecule has 0 spiro atoms. The van der Waals surface area contributed by atoms with E-state index in [1.807, 2.05) is 30.3 Å². The van der Waals surface area contributed by atoms with Crippen LogP contribution >= 0.6 is 35.0 Å². The highest BCUT2D eigenvalue weighted by Crippen LogP contribution is 2.37. The Labute approximate surface area is 279 Å². The number of thioether (sulfide) groups is 1. The molecule has 0 aliphatic carbocycles. The highest BCUT2D eigenvalue weighted by atomic mass is 35.5. The van der Waals surface area contributed by atoms with Gasteiger partial charge >= 0.3 is 0 Å². The van der Waals surface area contributed by atoms with Crippen molar-refractivity contribution in [2.75, 3.05) is 10.6 Å². The first kappa shape index (κ1) is 32.5. The number of benzene rings is 5. The van der Waals surface area contributed by atoms with Crippen LogP contribution in [0.3, 0.4) is 0 Å². The van der Waals surface area contributed by atoms with Crippen LogP contribution in [0, 0.1) is 5.82 Å². The van der Waals surface area contributed by atoms with Gasteiger partial charge in [0.05, 0.1) is 0 Å². The zero-order chi connectivity index (χ0) is 32.5. The topological polar surface area (TPSA) is 87.3 Å². The molecule has 5 aromatic rings. The average Bonchev–Trinajstić information content (AvgIpc) is 3.07. The number of amides is 3. The summed E-state index contributed by atoms with van der Waals surface area (Å²) in [6.45, 7) is 0. The van der Waals surface area contributed by atoms with Crippen molar-refractivity contribution in [3.8, 4) is 0 Å².